The Hall–Kier alpha value is -10.9. The average Bonchev–Trinajstić information content (AvgIpc) is 4.15. The normalized spacial score (nSPS) is 11.4. The standard InChI is InChI=1S/C67H38N8/c1-69-47-15-11-13-44(35-47)60-40-59(71-67(72-60)45-14-12-16-48(36-45)70-2)43-27-25-42(26-28-43)52-32-29-49(37-46(52)41-68)73-65-33-30-50(74-61-21-7-3-17-53(61)54-18-4-8-22-62(54)74)38-57(65)58-39-51(31-34-66(58)73)75-63-23-9-5-19-55(63)56-20-6-10-24-64(56)75/h3-40H. The van der Waals surface area contributed by atoms with E-state index in [-0.39, 0.29) is 0 Å². The van der Waals surface area contributed by atoms with Gasteiger partial charge in [0.2, 0.25) is 0 Å². The van der Waals surface area contributed by atoms with Crippen molar-refractivity contribution in [2.75, 3.05) is 0 Å². The summed E-state index contributed by atoms with van der Waals surface area (Å²) in [5.74, 6) is 0.476. The van der Waals surface area contributed by atoms with E-state index < -0.39 is 0 Å². The van der Waals surface area contributed by atoms with Crippen molar-refractivity contribution in [1.29, 1.82) is 5.26 Å². The summed E-state index contributed by atoms with van der Waals surface area (Å²) in [6.07, 6.45) is 0. The van der Waals surface area contributed by atoms with E-state index in [4.69, 9.17) is 23.1 Å². The number of nitriles is 1. The van der Waals surface area contributed by atoms with Gasteiger partial charge in [-0.3, -0.25) is 0 Å². The third-order valence-corrected chi connectivity index (χ3v) is 14.5. The molecule has 14 rings (SSSR count). The predicted octanol–water partition coefficient (Wildman–Crippen LogP) is 17.4. The Bertz CT molecular complexity index is 4460. The van der Waals surface area contributed by atoms with Gasteiger partial charge in [0.15, 0.2) is 17.2 Å². The monoisotopic (exact) mass is 954 g/mol. The number of nitrogens with zero attached hydrogens (tertiary/aromatic N) is 8. The Labute approximate surface area is 430 Å². The first kappa shape index (κ1) is 43.0. The van der Waals surface area contributed by atoms with E-state index in [9.17, 15) is 5.26 Å². The second-order valence-electron chi connectivity index (χ2n) is 18.7. The molecule has 0 N–H and O–H groups in total. The van der Waals surface area contributed by atoms with Crippen LogP contribution in [-0.2, 0) is 0 Å². The van der Waals surface area contributed by atoms with Crippen LogP contribution in [-0.4, -0.2) is 23.7 Å². The van der Waals surface area contributed by atoms with Crippen molar-refractivity contribution < 1.29 is 0 Å². The topological polar surface area (TPSA) is 73.1 Å². The second-order valence-corrected chi connectivity index (χ2v) is 18.7. The van der Waals surface area contributed by atoms with Gasteiger partial charge in [-0.25, -0.2) is 19.7 Å². The maximum absolute atomic E-state index is 10.9. The van der Waals surface area contributed by atoms with Crippen LogP contribution in [0.25, 0.3) is 137 Å². The molecule has 0 saturated carbocycles. The summed E-state index contributed by atoms with van der Waals surface area (Å²) < 4.78 is 7.02. The molecule has 0 saturated heterocycles. The zero-order valence-corrected chi connectivity index (χ0v) is 40.0. The highest BCUT2D eigenvalue weighted by molar-refractivity contribution is 6.14. The third kappa shape index (κ3) is 6.96. The van der Waals surface area contributed by atoms with Crippen LogP contribution in [0.4, 0.5) is 11.4 Å². The molecule has 0 fully saturated rings. The summed E-state index contributed by atoms with van der Waals surface area (Å²) in [5, 5.41) is 18.0. The van der Waals surface area contributed by atoms with E-state index in [0.29, 0.717) is 34.2 Å². The van der Waals surface area contributed by atoms with E-state index in [1.54, 1.807) is 18.2 Å². The average molecular weight is 955 g/mol. The van der Waals surface area contributed by atoms with Gasteiger partial charge in [0, 0.05) is 60.5 Å². The minimum Gasteiger partial charge on any atom is -0.309 e. The molecule has 14 aromatic rings. The van der Waals surface area contributed by atoms with Crippen molar-refractivity contribution in [3.63, 3.8) is 0 Å². The van der Waals surface area contributed by atoms with Crippen LogP contribution in [0, 0.1) is 24.5 Å². The molecule has 8 nitrogen and oxygen atoms in total. The third-order valence-electron chi connectivity index (χ3n) is 14.5. The number of aromatic nitrogens is 5. The Kier molecular flexibility index (Phi) is 9.85. The van der Waals surface area contributed by atoms with Gasteiger partial charge >= 0.3 is 0 Å². The number of para-hydroxylation sites is 4. The summed E-state index contributed by atoms with van der Waals surface area (Å²) in [4.78, 5) is 17.2. The lowest BCUT2D eigenvalue weighted by Crippen LogP contribution is -1.98. The Morgan fingerprint density at radius 2 is 0.760 bits per heavy atom. The van der Waals surface area contributed by atoms with Crippen molar-refractivity contribution in [2.24, 2.45) is 0 Å². The van der Waals surface area contributed by atoms with E-state index >= 15 is 0 Å². The first-order chi connectivity index (χ1) is 37.0. The van der Waals surface area contributed by atoms with Gasteiger partial charge in [0.05, 0.1) is 69.3 Å². The van der Waals surface area contributed by atoms with Gasteiger partial charge in [-0.15, -0.1) is 0 Å². The molecule has 0 amide bonds. The van der Waals surface area contributed by atoms with Crippen LogP contribution in [0.1, 0.15) is 5.56 Å². The minimum absolute atomic E-state index is 0.476. The minimum atomic E-state index is 0.476. The second kappa shape index (κ2) is 17.2. The Balaban J connectivity index is 0.905. The van der Waals surface area contributed by atoms with Crippen molar-refractivity contribution in [1.82, 2.24) is 23.7 Å². The molecule has 0 spiro atoms. The van der Waals surface area contributed by atoms with Crippen LogP contribution in [0.3, 0.4) is 0 Å². The van der Waals surface area contributed by atoms with Gasteiger partial charge in [0.25, 0.3) is 0 Å². The molecular formula is C67H38N8. The maximum atomic E-state index is 10.9. The first-order valence-electron chi connectivity index (χ1n) is 24.6. The van der Waals surface area contributed by atoms with Gasteiger partial charge < -0.3 is 13.7 Å². The lowest BCUT2D eigenvalue weighted by Gasteiger charge is -2.13. The lowest BCUT2D eigenvalue weighted by atomic mass is 9.97. The molecular weight excluding hydrogens is 917 g/mol. The van der Waals surface area contributed by atoms with Crippen LogP contribution >= 0.6 is 0 Å². The quantitative estimate of drug-likeness (QED) is 0.149. The van der Waals surface area contributed by atoms with Crippen molar-refractivity contribution in [3.05, 3.63) is 259 Å². The van der Waals surface area contributed by atoms with Crippen molar-refractivity contribution in [3.8, 4) is 68.2 Å². The zero-order chi connectivity index (χ0) is 50.1. The van der Waals surface area contributed by atoms with Crippen molar-refractivity contribution >= 4 is 76.8 Å². The fraction of sp³-hybridized carbons (Fsp3) is 0. The Morgan fingerprint density at radius 1 is 0.347 bits per heavy atom. The number of rotatable bonds is 7. The first-order valence-corrected chi connectivity index (χ1v) is 24.6. The fourth-order valence-electron chi connectivity index (χ4n) is 11.1. The summed E-state index contributed by atoms with van der Waals surface area (Å²) in [7, 11) is 0. The molecule has 8 heteroatoms. The van der Waals surface area contributed by atoms with Gasteiger partial charge in [-0.2, -0.15) is 5.26 Å². The van der Waals surface area contributed by atoms with E-state index in [1.807, 2.05) is 66.7 Å². The van der Waals surface area contributed by atoms with Crippen LogP contribution in [0.2, 0.25) is 0 Å². The summed E-state index contributed by atoms with van der Waals surface area (Å²) >= 11 is 0. The molecule has 0 atom stereocenters. The van der Waals surface area contributed by atoms with Crippen LogP contribution < -0.4 is 0 Å². The number of benzene rings is 10. The van der Waals surface area contributed by atoms with Gasteiger partial charge in [0.1, 0.15) is 0 Å². The molecule has 4 aromatic heterocycles. The molecule has 4 heterocycles. The SMILES string of the molecule is [C-]#[N+]c1cccc(-c2cc(-c3ccc(-c4ccc(-n5c6ccc(-n7c8ccccc8c8ccccc87)cc6c6cc(-n7c8ccccc8c8ccccc87)ccc65)cc4C#N)cc3)nc(-c3cccc([N+]#[C-])c3)n2)c1. The largest absolute Gasteiger partial charge is 0.309 e. The van der Waals surface area contributed by atoms with Crippen LogP contribution in [0.5, 0.6) is 0 Å². The number of hydrogen-bond acceptors (Lipinski definition) is 3. The summed E-state index contributed by atoms with van der Waals surface area (Å²) in [6, 6.07) is 81.3. The van der Waals surface area contributed by atoms with E-state index in [2.05, 4.69) is 175 Å². The summed E-state index contributed by atoms with van der Waals surface area (Å²) in [6.45, 7) is 15.2. The van der Waals surface area contributed by atoms with E-state index in [1.165, 1.54) is 21.5 Å². The van der Waals surface area contributed by atoms with E-state index in [0.717, 1.165) is 88.8 Å². The molecule has 0 bridgehead atoms. The highest BCUT2D eigenvalue weighted by Crippen LogP contribution is 2.41. The highest BCUT2D eigenvalue weighted by atomic mass is 15.0. The molecule has 75 heavy (non-hydrogen) atoms. The molecule has 346 valence electrons. The number of fused-ring (bicyclic) bond motifs is 9. The smallest absolute Gasteiger partial charge is 0.187 e. The molecule has 0 aliphatic carbocycles. The predicted molar refractivity (Wildman–Crippen MR) is 304 cm³/mol. The van der Waals surface area contributed by atoms with Crippen LogP contribution in [0.15, 0.2) is 231 Å². The molecule has 0 aliphatic rings. The molecule has 0 unspecified atom stereocenters. The zero-order valence-electron chi connectivity index (χ0n) is 40.0. The molecule has 10 aromatic carbocycles. The lowest BCUT2D eigenvalue weighted by molar-refractivity contribution is 1.16. The van der Waals surface area contributed by atoms with Gasteiger partial charge in [-0.05, 0) is 108 Å². The molecule has 0 aliphatic heterocycles. The number of hydrogen-bond donors (Lipinski definition) is 0. The molecule has 0 radical (unpaired) electrons. The van der Waals surface area contributed by atoms with Gasteiger partial charge in [-0.1, -0.05) is 140 Å². The Morgan fingerprint density at radius 3 is 1.25 bits per heavy atom. The fourth-order valence-corrected chi connectivity index (χ4v) is 11.1. The van der Waals surface area contributed by atoms with Crippen molar-refractivity contribution in [2.45, 2.75) is 0 Å². The maximum Gasteiger partial charge on any atom is 0.187 e. The summed E-state index contributed by atoms with van der Waals surface area (Å²) in [5.41, 5.74) is 16.6. The highest BCUT2D eigenvalue weighted by Gasteiger charge is 2.20.